The van der Waals surface area contributed by atoms with Gasteiger partial charge in [0.2, 0.25) is 5.91 Å². The van der Waals surface area contributed by atoms with Crippen LogP contribution in [0.2, 0.25) is 0 Å². The van der Waals surface area contributed by atoms with Crippen LogP contribution in [0.25, 0.3) is 0 Å². The molecule has 2 aliphatic carbocycles. The van der Waals surface area contributed by atoms with E-state index in [0.717, 1.165) is 11.7 Å². The second kappa shape index (κ2) is 5.92. The Kier molecular flexibility index (Phi) is 4.53. The zero-order valence-corrected chi connectivity index (χ0v) is 10.6. The van der Waals surface area contributed by atoms with E-state index in [4.69, 9.17) is 5.73 Å². The molecule has 3 N–H and O–H groups in total. The van der Waals surface area contributed by atoms with Crippen LogP contribution in [-0.2, 0) is 4.79 Å². The van der Waals surface area contributed by atoms with Gasteiger partial charge in [-0.05, 0) is 37.4 Å². The lowest BCUT2D eigenvalue weighted by Crippen LogP contribution is -2.44. The number of carbonyl (C=O) groups excluding carboxylic acids is 1. The molecule has 0 spiro atoms. The Balaban J connectivity index is 1.62. The molecule has 1 atom stereocenters. The normalized spacial score (nSPS) is 23.5. The van der Waals surface area contributed by atoms with Gasteiger partial charge in [-0.2, -0.15) is 11.8 Å². The van der Waals surface area contributed by atoms with Gasteiger partial charge in [-0.3, -0.25) is 4.79 Å². The lowest BCUT2D eigenvalue weighted by molar-refractivity contribution is -0.119. The highest BCUT2D eigenvalue weighted by Gasteiger charge is 2.27. The summed E-state index contributed by atoms with van der Waals surface area (Å²) >= 11 is 1.89. The molecular formula is C12H22N2OS. The average molecular weight is 242 g/mol. The zero-order chi connectivity index (χ0) is 11.4. The molecular weight excluding hydrogens is 220 g/mol. The predicted molar refractivity (Wildman–Crippen MR) is 68.4 cm³/mol. The summed E-state index contributed by atoms with van der Waals surface area (Å²) in [4.78, 5) is 11.2. The molecule has 0 aromatic heterocycles. The van der Waals surface area contributed by atoms with Gasteiger partial charge in [-0.1, -0.05) is 12.8 Å². The van der Waals surface area contributed by atoms with Gasteiger partial charge in [-0.25, -0.2) is 0 Å². The molecule has 0 aromatic carbocycles. The maximum Gasteiger partial charge on any atom is 0.235 e. The Morgan fingerprint density at radius 2 is 2.00 bits per heavy atom. The molecule has 0 bridgehead atoms. The summed E-state index contributed by atoms with van der Waals surface area (Å²) in [5, 5.41) is 3.32. The van der Waals surface area contributed by atoms with Crippen molar-refractivity contribution in [2.24, 2.45) is 11.7 Å². The summed E-state index contributed by atoms with van der Waals surface area (Å²) in [5.74, 6) is 2.75. The van der Waals surface area contributed by atoms with E-state index in [0.29, 0.717) is 6.04 Å². The van der Waals surface area contributed by atoms with Crippen molar-refractivity contribution in [3.8, 4) is 0 Å². The largest absolute Gasteiger partial charge is 0.368 e. The van der Waals surface area contributed by atoms with E-state index in [1.165, 1.54) is 44.3 Å². The second-order valence-electron chi connectivity index (χ2n) is 5.08. The molecule has 2 aliphatic rings. The van der Waals surface area contributed by atoms with Crippen LogP contribution < -0.4 is 11.1 Å². The van der Waals surface area contributed by atoms with E-state index < -0.39 is 0 Å². The lowest BCUT2D eigenvalue weighted by Gasteiger charge is -2.15. The van der Waals surface area contributed by atoms with E-state index in [-0.39, 0.29) is 11.9 Å². The summed E-state index contributed by atoms with van der Waals surface area (Å²) in [6.07, 6.45) is 7.96. The Bertz CT molecular complexity index is 237. The number of hydrogen-bond donors (Lipinski definition) is 2. The van der Waals surface area contributed by atoms with Crippen LogP contribution in [0.1, 0.15) is 38.5 Å². The molecule has 0 heterocycles. The molecule has 4 heteroatoms. The van der Waals surface area contributed by atoms with Crippen LogP contribution in [0.3, 0.4) is 0 Å². The van der Waals surface area contributed by atoms with Gasteiger partial charge in [0.15, 0.2) is 0 Å². The maximum absolute atomic E-state index is 11.2. The second-order valence-corrected chi connectivity index (χ2v) is 6.16. The molecule has 92 valence electrons. The van der Waals surface area contributed by atoms with E-state index in [9.17, 15) is 4.79 Å². The van der Waals surface area contributed by atoms with Crippen molar-refractivity contribution in [2.45, 2.75) is 50.6 Å². The van der Waals surface area contributed by atoms with E-state index >= 15 is 0 Å². The molecule has 2 saturated carbocycles. The number of nitrogens with two attached hydrogens (primary N) is 1. The first-order chi connectivity index (χ1) is 7.75. The van der Waals surface area contributed by atoms with Crippen LogP contribution in [0.15, 0.2) is 0 Å². The van der Waals surface area contributed by atoms with Crippen LogP contribution in [-0.4, -0.2) is 29.5 Å². The molecule has 0 aromatic rings. The van der Waals surface area contributed by atoms with Crippen molar-refractivity contribution in [3.05, 3.63) is 0 Å². The van der Waals surface area contributed by atoms with Gasteiger partial charge in [0, 0.05) is 11.8 Å². The van der Waals surface area contributed by atoms with Gasteiger partial charge in [0.25, 0.3) is 0 Å². The topological polar surface area (TPSA) is 55.1 Å². The van der Waals surface area contributed by atoms with E-state index in [1.54, 1.807) is 0 Å². The van der Waals surface area contributed by atoms with Gasteiger partial charge in [0.1, 0.15) is 0 Å². The molecule has 0 radical (unpaired) electrons. The minimum atomic E-state index is -0.189. The molecule has 16 heavy (non-hydrogen) atoms. The summed E-state index contributed by atoms with van der Waals surface area (Å²) in [5.41, 5.74) is 5.39. The molecule has 0 saturated heterocycles. The molecule has 1 unspecified atom stereocenters. The number of amides is 1. The average Bonchev–Trinajstić information content (AvgIpc) is 2.91. The predicted octanol–water partition coefficient (Wildman–Crippen LogP) is 1.52. The Labute approximate surface area is 102 Å². The molecule has 1 amide bonds. The molecule has 2 rings (SSSR count). The van der Waals surface area contributed by atoms with Gasteiger partial charge >= 0.3 is 0 Å². The third-order valence-corrected chi connectivity index (χ3v) is 4.75. The first-order valence-corrected chi connectivity index (χ1v) is 7.54. The van der Waals surface area contributed by atoms with Crippen LogP contribution in [0, 0.1) is 5.92 Å². The fraction of sp³-hybridized carbons (Fsp3) is 0.917. The molecule has 3 nitrogen and oxygen atoms in total. The van der Waals surface area contributed by atoms with Gasteiger partial charge in [-0.15, -0.1) is 0 Å². The van der Waals surface area contributed by atoms with Crippen molar-refractivity contribution >= 4 is 17.7 Å². The Hall–Kier alpha value is -0.220. The van der Waals surface area contributed by atoms with Gasteiger partial charge < -0.3 is 11.1 Å². The highest BCUT2D eigenvalue weighted by atomic mass is 32.2. The summed E-state index contributed by atoms with van der Waals surface area (Å²) in [7, 11) is 0. The smallest absolute Gasteiger partial charge is 0.235 e. The fourth-order valence-corrected chi connectivity index (χ4v) is 3.58. The maximum atomic E-state index is 11.2. The number of hydrogen-bond acceptors (Lipinski definition) is 3. The van der Waals surface area contributed by atoms with E-state index in [1.807, 2.05) is 11.8 Å². The SMILES string of the molecule is NC(=O)C(CSCC1CCCC1)NC1CC1. The van der Waals surface area contributed by atoms with Crippen LogP contribution >= 0.6 is 11.8 Å². The zero-order valence-electron chi connectivity index (χ0n) is 9.78. The first-order valence-electron chi connectivity index (χ1n) is 6.39. The first kappa shape index (κ1) is 12.2. The minimum absolute atomic E-state index is 0.112. The number of carbonyl (C=O) groups is 1. The van der Waals surface area contributed by atoms with Crippen molar-refractivity contribution in [1.29, 1.82) is 0 Å². The minimum Gasteiger partial charge on any atom is -0.368 e. The fourth-order valence-electron chi connectivity index (χ4n) is 2.28. The third-order valence-electron chi connectivity index (χ3n) is 3.47. The highest BCUT2D eigenvalue weighted by Crippen LogP contribution is 2.28. The Morgan fingerprint density at radius 1 is 1.31 bits per heavy atom. The van der Waals surface area contributed by atoms with Crippen molar-refractivity contribution < 1.29 is 4.79 Å². The quantitative estimate of drug-likeness (QED) is 0.711. The third kappa shape index (κ3) is 3.98. The number of nitrogens with one attached hydrogen (secondary N) is 1. The van der Waals surface area contributed by atoms with Crippen molar-refractivity contribution in [2.75, 3.05) is 11.5 Å². The van der Waals surface area contributed by atoms with Crippen LogP contribution in [0.4, 0.5) is 0 Å². The molecule has 0 aliphatic heterocycles. The standard InChI is InChI=1S/C12H22N2OS/c13-12(15)11(14-10-5-6-10)8-16-7-9-3-1-2-4-9/h9-11,14H,1-8H2,(H2,13,15). The number of primary amides is 1. The number of thioether (sulfide) groups is 1. The summed E-state index contributed by atoms with van der Waals surface area (Å²) < 4.78 is 0. The monoisotopic (exact) mass is 242 g/mol. The highest BCUT2D eigenvalue weighted by molar-refractivity contribution is 7.99. The van der Waals surface area contributed by atoms with E-state index in [2.05, 4.69) is 5.32 Å². The van der Waals surface area contributed by atoms with Crippen molar-refractivity contribution in [1.82, 2.24) is 5.32 Å². The molecule has 2 fully saturated rings. The van der Waals surface area contributed by atoms with Gasteiger partial charge in [0.05, 0.1) is 6.04 Å². The summed E-state index contributed by atoms with van der Waals surface area (Å²) in [6, 6.07) is 0.448. The van der Waals surface area contributed by atoms with Crippen molar-refractivity contribution in [3.63, 3.8) is 0 Å². The number of rotatable bonds is 7. The summed E-state index contributed by atoms with van der Waals surface area (Å²) in [6.45, 7) is 0. The Morgan fingerprint density at radius 3 is 2.56 bits per heavy atom. The lowest BCUT2D eigenvalue weighted by atomic mass is 10.1. The van der Waals surface area contributed by atoms with Crippen LogP contribution in [0.5, 0.6) is 0 Å².